The van der Waals surface area contributed by atoms with Gasteiger partial charge >= 0.3 is 0 Å². The molecule has 6 aromatic rings. The minimum Gasteiger partial charge on any atom is -0.508 e. The number of benzene rings is 4. The molecule has 0 spiro atoms. The summed E-state index contributed by atoms with van der Waals surface area (Å²) >= 11 is 1.12. The summed E-state index contributed by atoms with van der Waals surface area (Å²) < 4.78 is 0. The second kappa shape index (κ2) is 46.3. The van der Waals surface area contributed by atoms with Crippen molar-refractivity contribution in [2.75, 3.05) is 72.4 Å². The van der Waals surface area contributed by atoms with Crippen molar-refractivity contribution in [2.45, 2.75) is 223 Å². The quantitative estimate of drug-likeness (QED) is 0.0191. The topological polar surface area (TPSA) is 458 Å². The van der Waals surface area contributed by atoms with Crippen LogP contribution in [0.1, 0.15) is 153 Å². The van der Waals surface area contributed by atoms with Gasteiger partial charge in [-0.15, -0.1) is 0 Å². The fourth-order valence-electron chi connectivity index (χ4n) is 16.8. The number of phenols is 1. The number of thioether (sulfide) groups is 1. The number of aldehydes is 1. The molecule has 2 saturated heterocycles. The number of para-hydroxylation sites is 2. The van der Waals surface area contributed by atoms with Gasteiger partial charge in [-0.1, -0.05) is 140 Å². The lowest BCUT2D eigenvalue weighted by molar-refractivity contribution is -0.149. The molecule has 676 valence electrons. The molecule has 1 aliphatic carbocycles. The molecule has 34 heteroatoms. The van der Waals surface area contributed by atoms with E-state index in [0.717, 1.165) is 67.0 Å². The van der Waals surface area contributed by atoms with Crippen molar-refractivity contribution < 1.29 is 77.0 Å². The molecule has 2 fully saturated rings. The zero-order valence-electron chi connectivity index (χ0n) is 73.4. The van der Waals surface area contributed by atoms with Gasteiger partial charge in [0, 0.05) is 106 Å². The Kier molecular flexibility index (Phi) is 36.0. The van der Waals surface area contributed by atoms with Crippen LogP contribution in [0.3, 0.4) is 0 Å². The van der Waals surface area contributed by atoms with Gasteiger partial charge in [-0.25, -0.2) is 0 Å². The summed E-state index contributed by atoms with van der Waals surface area (Å²) in [5.41, 5.74) is 9.50. The molecular weight excluding hydrogens is 1620 g/mol. The molecule has 125 heavy (non-hydrogen) atoms. The zero-order valence-corrected chi connectivity index (χ0v) is 74.2. The third-order valence-corrected chi connectivity index (χ3v) is 24.5. The lowest BCUT2D eigenvalue weighted by atomic mass is 9.92. The summed E-state index contributed by atoms with van der Waals surface area (Å²) in [6.07, 6.45) is 8.74. The number of nitrogens with one attached hydrogen (secondary N) is 11. The Morgan fingerprint density at radius 1 is 0.584 bits per heavy atom. The molecule has 0 unspecified atom stereocenters. The minimum atomic E-state index is -1.62. The number of hydrogen-bond acceptors (Lipinski definition) is 18. The molecule has 2 aromatic heterocycles. The van der Waals surface area contributed by atoms with Crippen LogP contribution in [0.5, 0.6) is 5.75 Å². The first-order valence-electron chi connectivity index (χ1n) is 43.5. The van der Waals surface area contributed by atoms with Crippen molar-refractivity contribution >= 4 is 123 Å². The van der Waals surface area contributed by atoms with Gasteiger partial charge in [-0.3, -0.25) is 67.1 Å². The maximum atomic E-state index is 15.2. The molecule has 2 aliphatic heterocycles. The summed E-state index contributed by atoms with van der Waals surface area (Å²) in [7, 11) is 5.96. The first kappa shape index (κ1) is 97.1. The maximum absolute atomic E-state index is 15.2. The molecule has 33 nitrogen and oxygen atoms in total. The number of H-pyrrole nitrogens is 2. The number of carbonyl (C=O) groups is 15. The van der Waals surface area contributed by atoms with Gasteiger partial charge < -0.3 is 98.0 Å². The Bertz CT molecular complexity index is 4780. The van der Waals surface area contributed by atoms with Gasteiger partial charge in [0.15, 0.2) is 0 Å². The number of aromatic hydroxyl groups is 1. The van der Waals surface area contributed by atoms with Crippen LogP contribution in [0.15, 0.2) is 109 Å². The maximum Gasteiger partial charge on any atom is 0.247 e. The Labute approximate surface area is 734 Å². The summed E-state index contributed by atoms with van der Waals surface area (Å²) in [6, 6.07) is 17.4. The average molecular weight is 1750 g/mol. The van der Waals surface area contributed by atoms with E-state index in [2.05, 4.69) is 57.8 Å². The van der Waals surface area contributed by atoms with Crippen molar-refractivity contribution in [3.8, 4) is 5.75 Å². The normalized spacial score (nSPS) is 16.6. The van der Waals surface area contributed by atoms with Gasteiger partial charge in [0.1, 0.15) is 65.9 Å². The highest BCUT2D eigenvalue weighted by Gasteiger charge is 2.50. The number of aromatic nitrogens is 2. The Balaban J connectivity index is 0.798. The van der Waals surface area contributed by atoms with Gasteiger partial charge in [0.05, 0.1) is 37.3 Å². The second-order valence-corrected chi connectivity index (χ2v) is 35.1. The van der Waals surface area contributed by atoms with Crippen LogP contribution in [-0.4, -0.2) is 267 Å². The molecule has 0 radical (unpaired) electrons. The zero-order chi connectivity index (χ0) is 90.8. The molecule has 4 aromatic carbocycles. The van der Waals surface area contributed by atoms with Gasteiger partial charge in [0.25, 0.3) is 0 Å². The van der Waals surface area contributed by atoms with Crippen molar-refractivity contribution in [3.05, 3.63) is 137 Å². The summed E-state index contributed by atoms with van der Waals surface area (Å²) in [4.78, 5) is 225. The molecule has 14 N–H and O–H groups in total. The molecule has 3 aliphatic rings. The smallest absolute Gasteiger partial charge is 0.247 e. The molecule has 14 amide bonds. The average Bonchev–Trinajstić information content (AvgIpc) is 1.61. The number of nitrogens with two attached hydrogens (primary N) is 1. The minimum absolute atomic E-state index is 0.0142. The van der Waals surface area contributed by atoms with Crippen molar-refractivity contribution in [3.63, 3.8) is 0 Å². The van der Waals surface area contributed by atoms with E-state index in [1.54, 1.807) is 25.4 Å². The van der Waals surface area contributed by atoms with E-state index in [0.29, 0.717) is 63.5 Å². The standard InChI is InChI=1S/C91H125N17O16S/c1-11-13-30-74(105(9)89(123)76(31-14-12-2)106(10)86(120)72(45-61-50-96-67-29-20-18-27-65(61)67)98-78(112)51-97-81(115)68(93-7)44-60-49-95-66-28-19-17-26-64(60)66)83(117)101-69(41-55(3)4)82(116)94-37-40-125-54-80(114)100-71(43-57-33-35-63(110)36-34-57)85(119)104(8)52-79(113)99-73(46-77(92)111)88(122)108-39-22-32-75(108)84(118)103-91(47-58-23-15-16-24-59(58)48-91)90(124)102-70(42-56(5)6)87(121)107-38-21-25-62(107)53-109/h15-20,23-24,26-29,33-36,49-50,53,55-56,62,68-76,93,95-96,110H,11-14,21-22,25,30-32,37-48,51-52,54H2,1-10H3,(H2,92,111)(H,94,116)(H,97,115)(H,98,112)(H,99,113)(H,100,114)(H,101,117)(H,102,124)(H,103,118)/t62-,68-,69-,70-,71-,72-,73-,74-,75-,76-/m0/s1. The number of amides is 14. The van der Waals surface area contributed by atoms with E-state index < -0.39 is 168 Å². The van der Waals surface area contributed by atoms with Crippen LogP contribution < -0.4 is 53.6 Å². The van der Waals surface area contributed by atoms with Crippen LogP contribution in [-0.2, 0) is 104 Å². The van der Waals surface area contributed by atoms with Crippen molar-refractivity contribution in [1.29, 1.82) is 0 Å². The Morgan fingerprint density at radius 2 is 1.12 bits per heavy atom. The Morgan fingerprint density at radius 3 is 1.72 bits per heavy atom. The number of aromatic amines is 2. The monoisotopic (exact) mass is 1740 g/mol. The van der Waals surface area contributed by atoms with Crippen LogP contribution in [0.4, 0.5) is 0 Å². The van der Waals surface area contributed by atoms with E-state index in [-0.39, 0.29) is 100.0 Å². The molecule has 0 saturated carbocycles. The van der Waals surface area contributed by atoms with E-state index in [1.165, 1.54) is 52.9 Å². The first-order chi connectivity index (χ1) is 59.8. The molecule has 9 rings (SSSR count). The van der Waals surface area contributed by atoms with Crippen molar-refractivity contribution in [1.82, 2.24) is 82.3 Å². The fraction of sp³-hybridized carbons (Fsp3) is 0.527. The van der Waals surface area contributed by atoms with E-state index >= 15 is 9.59 Å². The highest BCUT2D eigenvalue weighted by atomic mass is 32.2. The number of phenolic OH excluding ortho intramolecular Hbond substituents is 1. The second-order valence-electron chi connectivity index (χ2n) is 33.9. The lowest BCUT2D eigenvalue weighted by Gasteiger charge is -2.36. The predicted molar refractivity (Wildman–Crippen MR) is 474 cm³/mol. The van der Waals surface area contributed by atoms with Crippen LogP contribution in [0.25, 0.3) is 21.8 Å². The van der Waals surface area contributed by atoms with E-state index in [1.807, 2.05) is 121 Å². The van der Waals surface area contributed by atoms with Gasteiger partial charge in [-0.2, -0.15) is 11.8 Å². The Hall–Kier alpha value is -11.7. The molecular formula is C91H125N17O16S. The summed E-state index contributed by atoms with van der Waals surface area (Å²) in [5, 5.41) is 37.6. The third kappa shape index (κ3) is 26.5. The number of nitrogens with zero attached hydrogens (tertiary/aromatic N) is 5. The van der Waals surface area contributed by atoms with Crippen LogP contribution >= 0.6 is 11.8 Å². The summed E-state index contributed by atoms with van der Waals surface area (Å²) in [5.74, 6) is -9.36. The number of likely N-dealkylation sites (tertiary alicyclic amines) is 2. The van der Waals surface area contributed by atoms with E-state index in [9.17, 15) is 67.4 Å². The van der Waals surface area contributed by atoms with Crippen LogP contribution in [0.2, 0.25) is 0 Å². The van der Waals surface area contributed by atoms with Crippen LogP contribution in [0, 0.1) is 11.8 Å². The molecule has 0 bridgehead atoms. The van der Waals surface area contributed by atoms with E-state index in [4.69, 9.17) is 5.73 Å². The molecule has 10 atom stereocenters. The SMILES string of the molecule is CCCC[C@@H](C(=O)N(C)[C@@H](CCCC)C(=O)N[C@@H](CC(C)C)C(=O)NCCSCC(=O)N[C@@H](Cc1ccc(O)cc1)C(=O)N(C)CC(=O)N[C@@H](CC(N)=O)C(=O)N1CCC[C@H]1C(=O)NC1(C(=O)N[C@@H](CC(C)C)C(=O)N2CCC[C@H]2C=O)Cc2ccccc2C1)N(C)C(=O)[C@H](Cc1c[nH]c2ccccc12)NC(=O)CNC(=O)[C@H](Cc1c[nH]c2ccccc12)NC. The third-order valence-electron chi connectivity index (χ3n) is 23.5. The fourth-order valence-corrected chi connectivity index (χ4v) is 17.5. The number of likely N-dealkylation sites (N-methyl/N-ethyl adjacent to an activating group) is 4. The predicted octanol–water partition coefficient (Wildman–Crippen LogP) is 3.66. The summed E-state index contributed by atoms with van der Waals surface area (Å²) in [6.45, 7) is 10.7. The molecule has 4 heterocycles. The number of carbonyl (C=O) groups excluding carboxylic acids is 15. The van der Waals surface area contributed by atoms with Gasteiger partial charge in [-0.05, 0) is 129 Å². The first-order valence-corrected chi connectivity index (χ1v) is 44.6. The van der Waals surface area contributed by atoms with Gasteiger partial charge in [0.2, 0.25) is 82.7 Å². The number of hydrogen-bond donors (Lipinski definition) is 13. The lowest BCUT2D eigenvalue weighted by Crippen LogP contribution is -2.65. The number of primary amides is 1. The number of unbranched alkanes of at least 4 members (excludes halogenated alkanes) is 2. The highest BCUT2D eigenvalue weighted by molar-refractivity contribution is 7.99. The number of rotatable bonds is 47. The highest BCUT2D eigenvalue weighted by Crippen LogP contribution is 2.34. The number of fused-ring (bicyclic) bond motifs is 3. The largest absolute Gasteiger partial charge is 0.508 e. The van der Waals surface area contributed by atoms with Crippen molar-refractivity contribution in [2.24, 2.45) is 17.6 Å².